The van der Waals surface area contributed by atoms with Crippen molar-refractivity contribution in [2.75, 3.05) is 0 Å². The Morgan fingerprint density at radius 3 is 2.59 bits per heavy atom. The molecule has 0 N–H and O–H groups in total. The minimum absolute atomic E-state index is 0.0809. The molecule has 0 unspecified atom stereocenters. The molecule has 4 rings (SSSR count). The number of hydrogen-bond donors (Lipinski definition) is 0. The lowest BCUT2D eigenvalue weighted by Gasteiger charge is -2.08. The summed E-state index contributed by atoms with van der Waals surface area (Å²) in [4.78, 5) is 17.0. The van der Waals surface area contributed by atoms with E-state index in [0.717, 1.165) is 22.5 Å². The summed E-state index contributed by atoms with van der Waals surface area (Å²) in [6, 6.07) is 13.4. The van der Waals surface area contributed by atoms with Gasteiger partial charge in [-0.2, -0.15) is 4.68 Å². The predicted octanol–water partition coefficient (Wildman–Crippen LogP) is 2.89. The molecule has 3 heterocycles. The van der Waals surface area contributed by atoms with Crippen LogP contribution in [-0.4, -0.2) is 29.6 Å². The van der Waals surface area contributed by atoms with Crippen LogP contribution in [0.15, 0.2) is 52.4 Å². The predicted molar refractivity (Wildman–Crippen MR) is 104 cm³/mol. The quantitative estimate of drug-likeness (QED) is 0.508. The van der Waals surface area contributed by atoms with Gasteiger partial charge in [0.1, 0.15) is 5.65 Å². The number of aromatic nitrogens is 6. The Balaban J connectivity index is 1.63. The topological polar surface area (TPSA) is 78.0 Å². The molecule has 0 fully saturated rings. The van der Waals surface area contributed by atoms with E-state index in [9.17, 15) is 4.79 Å². The Labute approximate surface area is 160 Å². The molecule has 3 aromatic heterocycles. The summed E-state index contributed by atoms with van der Waals surface area (Å²) < 4.78 is 3.32. The molecule has 0 bridgehead atoms. The maximum Gasteiger partial charge on any atom is 0.258 e. The van der Waals surface area contributed by atoms with Crippen molar-refractivity contribution in [2.24, 2.45) is 0 Å². The molecule has 0 aliphatic rings. The van der Waals surface area contributed by atoms with Crippen LogP contribution < -0.4 is 5.56 Å². The third kappa shape index (κ3) is 3.48. The minimum Gasteiger partial charge on any atom is -0.269 e. The molecular formula is C19H18N6OS. The first-order chi connectivity index (χ1) is 13.0. The molecule has 0 aliphatic carbocycles. The highest BCUT2D eigenvalue weighted by Crippen LogP contribution is 2.22. The zero-order valence-electron chi connectivity index (χ0n) is 15.2. The van der Waals surface area contributed by atoms with Crippen molar-refractivity contribution >= 4 is 17.4 Å². The van der Waals surface area contributed by atoms with Crippen LogP contribution in [0, 0.1) is 20.8 Å². The number of fused-ring (bicyclic) bond motifs is 1. The van der Waals surface area contributed by atoms with Crippen molar-refractivity contribution in [1.82, 2.24) is 29.6 Å². The lowest BCUT2D eigenvalue weighted by molar-refractivity contribution is 0.755. The average Bonchev–Trinajstić information content (AvgIpc) is 3.07. The van der Waals surface area contributed by atoms with E-state index in [4.69, 9.17) is 0 Å². The van der Waals surface area contributed by atoms with E-state index in [0.29, 0.717) is 22.3 Å². The van der Waals surface area contributed by atoms with E-state index in [2.05, 4.69) is 26.6 Å². The molecule has 0 aliphatic heterocycles. The zero-order valence-corrected chi connectivity index (χ0v) is 16.1. The molecule has 0 saturated carbocycles. The standard InChI is InChI=1S/C19H18N6OS/c1-12-7-13(2)9-16(8-12)25-19(21-22-23-25)27-11-15-10-18(26)24-14(3)5-4-6-17(24)20-15/h4-10H,11H2,1-3H3. The highest BCUT2D eigenvalue weighted by atomic mass is 32.2. The number of hydrogen-bond acceptors (Lipinski definition) is 6. The average molecular weight is 378 g/mol. The van der Waals surface area contributed by atoms with Gasteiger partial charge >= 0.3 is 0 Å². The van der Waals surface area contributed by atoms with Crippen LogP contribution in [0.25, 0.3) is 11.3 Å². The van der Waals surface area contributed by atoms with Gasteiger partial charge in [0.2, 0.25) is 5.16 Å². The van der Waals surface area contributed by atoms with E-state index in [1.165, 1.54) is 11.8 Å². The van der Waals surface area contributed by atoms with E-state index in [1.54, 1.807) is 15.1 Å². The number of nitrogens with zero attached hydrogens (tertiary/aromatic N) is 6. The molecule has 0 atom stereocenters. The van der Waals surface area contributed by atoms with E-state index in [-0.39, 0.29) is 5.56 Å². The molecule has 0 spiro atoms. The molecule has 1 aromatic carbocycles. The fourth-order valence-corrected chi connectivity index (χ4v) is 3.86. The fraction of sp³-hybridized carbons (Fsp3) is 0.211. The summed E-state index contributed by atoms with van der Waals surface area (Å²) in [6.45, 7) is 5.98. The Bertz CT molecular complexity index is 1180. The molecule has 0 saturated heterocycles. The van der Waals surface area contributed by atoms with Crippen molar-refractivity contribution in [1.29, 1.82) is 0 Å². The van der Waals surface area contributed by atoms with Crippen LogP contribution in [0.4, 0.5) is 0 Å². The summed E-state index contributed by atoms with van der Waals surface area (Å²) in [5.74, 6) is 0.505. The smallest absolute Gasteiger partial charge is 0.258 e. The van der Waals surface area contributed by atoms with Crippen molar-refractivity contribution in [2.45, 2.75) is 31.7 Å². The lowest BCUT2D eigenvalue weighted by atomic mass is 10.1. The van der Waals surface area contributed by atoms with Crippen LogP contribution in [-0.2, 0) is 5.75 Å². The molecular weight excluding hydrogens is 360 g/mol. The summed E-state index contributed by atoms with van der Waals surface area (Å²) in [5, 5.41) is 12.7. The van der Waals surface area contributed by atoms with Gasteiger partial charge in [0.15, 0.2) is 0 Å². The Morgan fingerprint density at radius 1 is 1.04 bits per heavy atom. The van der Waals surface area contributed by atoms with Crippen LogP contribution in [0.5, 0.6) is 0 Å². The van der Waals surface area contributed by atoms with Gasteiger partial charge in [-0.1, -0.05) is 23.9 Å². The summed E-state index contributed by atoms with van der Waals surface area (Å²) in [5.41, 5.74) is 5.34. The highest BCUT2D eigenvalue weighted by molar-refractivity contribution is 7.98. The van der Waals surface area contributed by atoms with Gasteiger partial charge < -0.3 is 0 Å². The SMILES string of the molecule is Cc1cc(C)cc(-n2nnnc2SCc2cc(=O)n3c(C)cccc3n2)c1. The second-order valence-electron chi connectivity index (χ2n) is 6.45. The molecule has 0 radical (unpaired) electrons. The normalized spacial score (nSPS) is 11.2. The first-order valence-electron chi connectivity index (χ1n) is 8.49. The van der Waals surface area contributed by atoms with Gasteiger partial charge in [-0.15, -0.1) is 5.10 Å². The minimum atomic E-state index is -0.0809. The number of rotatable bonds is 4. The molecule has 8 heteroatoms. The summed E-state index contributed by atoms with van der Waals surface area (Å²) in [6.07, 6.45) is 0. The zero-order chi connectivity index (χ0) is 19.0. The third-order valence-corrected chi connectivity index (χ3v) is 5.13. The maximum absolute atomic E-state index is 12.4. The summed E-state index contributed by atoms with van der Waals surface area (Å²) in [7, 11) is 0. The van der Waals surface area contributed by atoms with Crippen LogP contribution in [0.3, 0.4) is 0 Å². The molecule has 4 aromatic rings. The third-order valence-electron chi connectivity index (χ3n) is 4.17. The molecule has 136 valence electrons. The Morgan fingerprint density at radius 2 is 1.81 bits per heavy atom. The van der Waals surface area contributed by atoms with Crippen LogP contribution >= 0.6 is 11.8 Å². The number of pyridine rings is 1. The maximum atomic E-state index is 12.4. The largest absolute Gasteiger partial charge is 0.269 e. The highest BCUT2D eigenvalue weighted by Gasteiger charge is 2.12. The number of tetrazole rings is 1. The fourth-order valence-electron chi connectivity index (χ4n) is 3.08. The van der Waals surface area contributed by atoms with Crippen LogP contribution in [0.1, 0.15) is 22.5 Å². The van der Waals surface area contributed by atoms with Gasteiger partial charge in [0, 0.05) is 17.5 Å². The second kappa shape index (κ2) is 6.96. The summed E-state index contributed by atoms with van der Waals surface area (Å²) >= 11 is 1.45. The van der Waals surface area contributed by atoms with Crippen molar-refractivity contribution in [3.8, 4) is 5.69 Å². The second-order valence-corrected chi connectivity index (χ2v) is 7.40. The van der Waals surface area contributed by atoms with Crippen LogP contribution in [0.2, 0.25) is 0 Å². The van der Waals surface area contributed by atoms with Gasteiger partial charge in [-0.3, -0.25) is 9.20 Å². The number of aryl methyl sites for hydroxylation is 3. The number of benzene rings is 1. The van der Waals surface area contributed by atoms with Gasteiger partial charge in [-0.05, 0) is 66.6 Å². The molecule has 27 heavy (non-hydrogen) atoms. The molecule has 7 nitrogen and oxygen atoms in total. The van der Waals surface area contributed by atoms with Crippen molar-refractivity contribution < 1.29 is 0 Å². The first-order valence-corrected chi connectivity index (χ1v) is 9.48. The van der Waals surface area contributed by atoms with E-state index in [1.807, 2.05) is 51.1 Å². The van der Waals surface area contributed by atoms with Gasteiger partial charge in [-0.25, -0.2) is 4.98 Å². The molecule has 0 amide bonds. The van der Waals surface area contributed by atoms with E-state index >= 15 is 0 Å². The Kier molecular flexibility index (Phi) is 4.49. The number of thioether (sulfide) groups is 1. The lowest BCUT2D eigenvalue weighted by Crippen LogP contribution is -2.17. The Hall–Kier alpha value is -3.00. The monoisotopic (exact) mass is 378 g/mol. The van der Waals surface area contributed by atoms with Crippen molar-refractivity contribution in [3.63, 3.8) is 0 Å². The van der Waals surface area contributed by atoms with Gasteiger partial charge in [0.05, 0.1) is 11.4 Å². The van der Waals surface area contributed by atoms with Gasteiger partial charge in [0.25, 0.3) is 5.56 Å². The van der Waals surface area contributed by atoms with Crippen molar-refractivity contribution in [3.05, 3.63) is 75.3 Å². The first kappa shape index (κ1) is 17.4. The van der Waals surface area contributed by atoms with E-state index < -0.39 is 0 Å².